The zero-order valence-electron chi connectivity index (χ0n) is 7.10. The van der Waals surface area contributed by atoms with Gasteiger partial charge in [-0.2, -0.15) is 0 Å². The van der Waals surface area contributed by atoms with E-state index in [1.165, 1.54) is 17.7 Å². The van der Waals surface area contributed by atoms with Crippen LogP contribution in [-0.4, -0.2) is 6.54 Å². The summed E-state index contributed by atoms with van der Waals surface area (Å²) in [5.41, 5.74) is 2.74. The topological polar surface area (TPSA) is 12.0 Å². The molecule has 1 aromatic carbocycles. The van der Waals surface area contributed by atoms with E-state index in [4.69, 9.17) is 0 Å². The van der Waals surface area contributed by atoms with Crippen molar-refractivity contribution in [1.82, 2.24) is 0 Å². The second-order valence-corrected chi connectivity index (χ2v) is 4.26. The van der Waals surface area contributed by atoms with Gasteiger partial charge in [-0.25, -0.2) is 0 Å². The molecule has 12 heavy (non-hydrogen) atoms. The molecular weight excluding hydrogens is 214 g/mol. The van der Waals surface area contributed by atoms with E-state index in [-0.39, 0.29) is 0 Å². The quantitative estimate of drug-likeness (QED) is 0.715. The Morgan fingerprint density at radius 1 is 1.50 bits per heavy atom. The van der Waals surface area contributed by atoms with E-state index in [0.29, 0.717) is 5.92 Å². The summed E-state index contributed by atoms with van der Waals surface area (Å²) in [5.74, 6) is 0.703. The Bertz CT molecular complexity index is 296. The highest BCUT2D eigenvalue weighted by Gasteiger charge is 2.14. The molecule has 2 rings (SSSR count). The van der Waals surface area contributed by atoms with E-state index in [1.54, 1.807) is 0 Å². The Labute approximate surface area is 81.3 Å². The average molecular weight is 226 g/mol. The molecule has 1 heterocycles. The van der Waals surface area contributed by atoms with Gasteiger partial charge < -0.3 is 5.32 Å². The molecule has 1 aromatic rings. The number of rotatable bonds is 0. The molecule has 1 aliphatic rings. The highest BCUT2D eigenvalue weighted by atomic mass is 79.9. The van der Waals surface area contributed by atoms with Crippen LogP contribution in [0.1, 0.15) is 24.8 Å². The zero-order valence-corrected chi connectivity index (χ0v) is 8.69. The molecular formula is C10H12BrN. The molecule has 0 amide bonds. The third-order valence-electron chi connectivity index (χ3n) is 2.44. The van der Waals surface area contributed by atoms with Crippen molar-refractivity contribution in [2.24, 2.45) is 0 Å². The minimum atomic E-state index is 0.703. The number of fused-ring (bicyclic) bond motifs is 1. The lowest BCUT2D eigenvalue weighted by molar-refractivity contribution is 0.683. The highest BCUT2D eigenvalue weighted by Crippen LogP contribution is 2.32. The lowest BCUT2D eigenvalue weighted by Crippen LogP contribution is -2.14. The molecule has 0 aliphatic carbocycles. The van der Waals surface area contributed by atoms with Crippen LogP contribution in [0.3, 0.4) is 0 Å². The number of anilines is 1. The van der Waals surface area contributed by atoms with Crippen LogP contribution >= 0.6 is 15.9 Å². The molecule has 0 bridgehead atoms. The van der Waals surface area contributed by atoms with E-state index >= 15 is 0 Å². The van der Waals surface area contributed by atoms with Crippen LogP contribution in [0.4, 0.5) is 5.69 Å². The third-order valence-corrected chi connectivity index (χ3v) is 2.93. The van der Waals surface area contributed by atoms with Crippen molar-refractivity contribution >= 4 is 21.6 Å². The number of benzene rings is 1. The van der Waals surface area contributed by atoms with E-state index in [9.17, 15) is 0 Å². The number of nitrogens with one attached hydrogen (secondary N) is 1. The minimum absolute atomic E-state index is 0.703. The van der Waals surface area contributed by atoms with Crippen LogP contribution < -0.4 is 5.32 Å². The Morgan fingerprint density at radius 2 is 2.33 bits per heavy atom. The van der Waals surface area contributed by atoms with Gasteiger partial charge in [0, 0.05) is 16.7 Å². The summed E-state index contributed by atoms with van der Waals surface area (Å²) in [5, 5.41) is 3.40. The molecule has 64 valence electrons. The summed E-state index contributed by atoms with van der Waals surface area (Å²) in [6.45, 7) is 3.39. The highest BCUT2D eigenvalue weighted by molar-refractivity contribution is 9.10. The molecule has 0 fully saturated rings. The summed E-state index contributed by atoms with van der Waals surface area (Å²) in [7, 11) is 0. The Hall–Kier alpha value is -0.500. The Balaban J connectivity index is 2.46. The molecule has 0 saturated carbocycles. The first-order chi connectivity index (χ1) is 5.77. The Kier molecular flexibility index (Phi) is 2.09. The predicted octanol–water partition coefficient (Wildman–Crippen LogP) is 3.37. The molecule has 0 aromatic heterocycles. The fraction of sp³-hybridized carbons (Fsp3) is 0.400. The maximum atomic E-state index is 3.47. The molecule has 0 radical (unpaired) electrons. The molecule has 1 nitrogen and oxygen atoms in total. The molecule has 1 atom stereocenters. The van der Waals surface area contributed by atoms with E-state index in [0.717, 1.165) is 11.0 Å². The van der Waals surface area contributed by atoms with Crippen LogP contribution in [0.15, 0.2) is 22.7 Å². The summed E-state index contributed by atoms with van der Waals surface area (Å²) in [6, 6.07) is 6.48. The molecule has 0 spiro atoms. The summed E-state index contributed by atoms with van der Waals surface area (Å²) in [4.78, 5) is 0. The van der Waals surface area contributed by atoms with Crippen LogP contribution in [0.5, 0.6) is 0 Å². The summed E-state index contributed by atoms with van der Waals surface area (Å²) in [6.07, 6.45) is 1.24. The maximum Gasteiger partial charge on any atom is 0.0386 e. The Morgan fingerprint density at radius 3 is 3.17 bits per heavy atom. The van der Waals surface area contributed by atoms with Crippen LogP contribution in [0.2, 0.25) is 0 Å². The van der Waals surface area contributed by atoms with Crippen molar-refractivity contribution in [2.45, 2.75) is 19.3 Å². The van der Waals surface area contributed by atoms with Crippen molar-refractivity contribution < 1.29 is 0 Å². The van der Waals surface area contributed by atoms with E-state index in [1.807, 2.05) is 0 Å². The summed E-state index contributed by atoms with van der Waals surface area (Å²) < 4.78 is 1.16. The summed E-state index contributed by atoms with van der Waals surface area (Å²) >= 11 is 3.47. The van der Waals surface area contributed by atoms with E-state index in [2.05, 4.69) is 46.4 Å². The van der Waals surface area contributed by atoms with Crippen LogP contribution in [0, 0.1) is 0 Å². The monoisotopic (exact) mass is 225 g/mol. The second kappa shape index (κ2) is 3.09. The van der Waals surface area contributed by atoms with Gasteiger partial charge in [-0.15, -0.1) is 0 Å². The van der Waals surface area contributed by atoms with Gasteiger partial charge in [-0.1, -0.05) is 28.9 Å². The third kappa shape index (κ3) is 1.36. The lowest BCUT2D eigenvalue weighted by Gasteiger charge is -2.23. The minimum Gasteiger partial charge on any atom is -0.385 e. The van der Waals surface area contributed by atoms with Crippen molar-refractivity contribution in [1.29, 1.82) is 0 Å². The maximum absolute atomic E-state index is 3.47. The van der Waals surface area contributed by atoms with Crippen molar-refractivity contribution in [2.75, 3.05) is 11.9 Å². The number of hydrogen-bond acceptors (Lipinski definition) is 1. The van der Waals surface area contributed by atoms with Gasteiger partial charge in [-0.05, 0) is 30.0 Å². The molecule has 1 N–H and O–H groups in total. The standard InChI is InChI=1S/C10H12BrN/c1-7-4-5-12-10-6-8(11)2-3-9(7)10/h2-3,6-7,12H,4-5H2,1H3. The van der Waals surface area contributed by atoms with Gasteiger partial charge in [0.25, 0.3) is 0 Å². The SMILES string of the molecule is CC1CCNc2cc(Br)ccc21. The van der Waals surface area contributed by atoms with Gasteiger partial charge in [0.2, 0.25) is 0 Å². The number of halogens is 1. The normalized spacial score (nSPS) is 21.3. The molecule has 1 unspecified atom stereocenters. The van der Waals surface area contributed by atoms with Gasteiger partial charge in [0.15, 0.2) is 0 Å². The molecule has 2 heteroatoms. The smallest absolute Gasteiger partial charge is 0.0386 e. The van der Waals surface area contributed by atoms with E-state index < -0.39 is 0 Å². The molecule has 0 saturated heterocycles. The fourth-order valence-electron chi connectivity index (χ4n) is 1.69. The fourth-order valence-corrected chi connectivity index (χ4v) is 2.05. The van der Waals surface area contributed by atoms with Crippen LogP contribution in [-0.2, 0) is 0 Å². The van der Waals surface area contributed by atoms with Crippen molar-refractivity contribution in [3.63, 3.8) is 0 Å². The van der Waals surface area contributed by atoms with Gasteiger partial charge >= 0.3 is 0 Å². The first-order valence-corrected chi connectivity index (χ1v) is 5.10. The van der Waals surface area contributed by atoms with Gasteiger partial charge in [-0.3, -0.25) is 0 Å². The van der Waals surface area contributed by atoms with Crippen molar-refractivity contribution in [3.8, 4) is 0 Å². The van der Waals surface area contributed by atoms with Crippen LogP contribution in [0.25, 0.3) is 0 Å². The van der Waals surface area contributed by atoms with Gasteiger partial charge in [0.05, 0.1) is 0 Å². The lowest BCUT2D eigenvalue weighted by atomic mass is 9.93. The predicted molar refractivity (Wildman–Crippen MR) is 55.7 cm³/mol. The largest absolute Gasteiger partial charge is 0.385 e. The average Bonchev–Trinajstić information content (AvgIpc) is 2.04. The second-order valence-electron chi connectivity index (χ2n) is 3.35. The number of hydrogen-bond donors (Lipinski definition) is 1. The van der Waals surface area contributed by atoms with Gasteiger partial charge in [0.1, 0.15) is 0 Å². The first kappa shape index (κ1) is 8.11. The molecule has 1 aliphatic heterocycles. The van der Waals surface area contributed by atoms with Crippen molar-refractivity contribution in [3.05, 3.63) is 28.2 Å². The first-order valence-electron chi connectivity index (χ1n) is 4.30. The zero-order chi connectivity index (χ0) is 8.55.